The molecule has 0 fully saturated rings. The van der Waals surface area contributed by atoms with E-state index in [0.29, 0.717) is 29.9 Å². The Morgan fingerprint density at radius 1 is 1.00 bits per heavy atom. The number of nitrogens with one attached hydrogen (secondary N) is 2. The molecule has 0 saturated carbocycles. The Bertz CT molecular complexity index is 977. The van der Waals surface area contributed by atoms with E-state index in [1.807, 2.05) is 6.92 Å². The largest absolute Gasteiger partial charge is 0.494 e. The summed E-state index contributed by atoms with van der Waals surface area (Å²) in [5, 5.41) is 5.45. The predicted octanol–water partition coefficient (Wildman–Crippen LogP) is 6.30. The summed E-state index contributed by atoms with van der Waals surface area (Å²) < 4.78 is 58.9. The van der Waals surface area contributed by atoms with Crippen LogP contribution in [-0.4, -0.2) is 16.6 Å². The molecule has 1 heterocycles. The Morgan fingerprint density at radius 2 is 1.77 bits per heavy atom. The minimum atomic E-state index is -4.65. The van der Waals surface area contributed by atoms with Crippen LogP contribution in [0.25, 0.3) is 0 Å². The van der Waals surface area contributed by atoms with Crippen molar-refractivity contribution >= 4 is 23.1 Å². The lowest BCUT2D eigenvalue weighted by Gasteiger charge is -2.15. The highest BCUT2D eigenvalue weighted by atomic mass is 19.4. The molecule has 5 nitrogen and oxygen atoms in total. The quantitative estimate of drug-likeness (QED) is 0.331. The molecule has 0 aliphatic rings. The van der Waals surface area contributed by atoms with Crippen LogP contribution in [-0.2, 0) is 6.18 Å². The van der Waals surface area contributed by atoms with Crippen molar-refractivity contribution in [1.82, 2.24) is 9.97 Å². The van der Waals surface area contributed by atoms with Gasteiger partial charge in [0.15, 0.2) is 0 Å². The van der Waals surface area contributed by atoms with Crippen molar-refractivity contribution in [1.29, 1.82) is 0 Å². The Labute approximate surface area is 171 Å². The Balaban J connectivity index is 1.86. The lowest BCUT2D eigenvalue weighted by molar-refractivity contribution is -0.137. The summed E-state index contributed by atoms with van der Waals surface area (Å²) in [6.07, 6.45) is -2.10. The molecule has 1 aromatic heterocycles. The van der Waals surface area contributed by atoms with Crippen LogP contribution in [0, 0.1) is 5.82 Å². The van der Waals surface area contributed by atoms with Gasteiger partial charge in [-0.15, -0.1) is 0 Å². The van der Waals surface area contributed by atoms with Crippen LogP contribution in [0.3, 0.4) is 0 Å². The molecule has 3 aromatic rings. The fourth-order valence-electron chi connectivity index (χ4n) is 2.54. The second-order valence-corrected chi connectivity index (χ2v) is 6.44. The van der Waals surface area contributed by atoms with Crippen molar-refractivity contribution in [3.8, 4) is 5.75 Å². The smallest absolute Gasteiger partial charge is 0.421 e. The highest BCUT2D eigenvalue weighted by Gasteiger charge is 2.35. The van der Waals surface area contributed by atoms with Gasteiger partial charge in [0.05, 0.1) is 6.61 Å². The number of benzene rings is 2. The summed E-state index contributed by atoms with van der Waals surface area (Å²) in [5.74, 6) is -0.363. The Hall–Kier alpha value is -3.36. The number of halogens is 4. The molecule has 0 spiro atoms. The number of unbranched alkanes of at least 4 members (excludes halogenated alkanes) is 1. The second kappa shape index (κ2) is 9.43. The summed E-state index contributed by atoms with van der Waals surface area (Å²) in [7, 11) is 0. The van der Waals surface area contributed by atoms with E-state index in [2.05, 4.69) is 20.6 Å². The fraction of sp³-hybridized carbons (Fsp3) is 0.238. The average Bonchev–Trinajstić information content (AvgIpc) is 2.70. The van der Waals surface area contributed by atoms with E-state index >= 15 is 0 Å². The van der Waals surface area contributed by atoms with Gasteiger partial charge in [-0.25, -0.2) is 9.37 Å². The third kappa shape index (κ3) is 5.82. The van der Waals surface area contributed by atoms with Crippen molar-refractivity contribution in [2.75, 3.05) is 17.2 Å². The van der Waals surface area contributed by atoms with E-state index in [4.69, 9.17) is 4.74 Å². The molecule has 3 rings (SSSR count). The van der Waals surface area contributed by atoms with Gasteiger partial charge in [0.1, 0.15) is 22.9 Å². The molecule has 0 radical (unpaired) electrons. The van der Waals surface area contributed by atoms with Crippen LogP contribution in [0.4, 0.5) is 40.7 Å². The normalized spacial score (nSPS) is 11.2. The zero-order valence-corrected chi connectivity index (χ0v) is 16.1. The van der Waals surface area contributed by atoms with Crippen molar-refractivity contribution in [3.63, 3.8) is 0 Å². The Morgan fingerprint density at radius 3 is 2.47 bits per heavy atom. The molecule has 2 N–H and O–H groups in total. The maximum absolute atomic E-state index is 13.4. The highest BCUT2D eigenvalue weighted by molar-refractivity contribution is 5.63. The van der Waals surface area contributed by atoms with Crippen LogP contribution < -0.4 is 15.4 Å². The zero-order valence-electron chi connectivity index (χ0n) is 16.1. The Kier molecular flexibility index (Phi) is 6.71. The number of anilines is 4. The molecule has 0 aliphatic heterocycles. The van der Waals surface area contributed by atoms with Crippen LogP contribution in [0.15, 0.2) is 54.7 Å². The van der Waals surface area contributed by atoms with Gasteiger partial charge in [0.25, 0.3) is 0 Å². The lowest BCUT2D eigenvalue weighted by Crippen LogP contribution is -2.12. The van der Waals surface area contributed by atoms with Crippen molar-refractivity contribution in [2.45, 2.75) is 25.9 Å². The monoisotopic (exact) mass is 420 g/mol. The SMILES string of the molecule is CCCCOc1cccc(Nc2nc(Nc3ccc(F)cc3)ncc2C(F)(F)F)c1. The topological polar surface area (TPSA) is 59.1 Å². The van der Waals surface area contributed by atoms with Crippen LogP contribution in [0.2, 0.25) is 0 Å². The van der Waals surface area contributed by atoms with E-state index in [-0.39, 0.29) is 5.95 Å². The first-order valence-corrected chi connectivity index (χ1v) is 9.32. The highest BCUT2D eigenvalue weighted by Crippen LogP contribution is 2.35. The number of nitrogens with zero attached hydrogens (tertiary/aromatic N) is 2. The van der Waals surface area contributed by atoms with Crippen molar-refractivity contribution < 1.29 is 22.3 Å². The number of hydrogen-bond acceptors (Lipinski definition) is 5. The third-order valence-corrected chi connectivity index (χ3v) is 4.06. The van der Waals surface area contributed by atoms with Gasteiger partial charge in [-0.1, -0.05) is 19.4 Å². The minimum Gasteiger partial charge on any atom is -0.494 e. The van der Waals surface area contributed by atoms with Gasteiger partial charge in [0.2, 0.25) is 5.95 Å². The molecule has 158 valence electrons. The van der Waals surface area contributed by atoms with Gasteiger partial charge in [-0.05, 0) is 42.8 Å². The van der Waals surface area contributed by atoms with Crippen LogP contribution in [0.1, 0.15) is 25.3 Å². The van der Waals surface area contributed by atoms with Gasteiger partial charge in [-0.3, -0.25) is 0 Å². The first-order chi connectivity index (χ1) is 14.3. The van der Waals surface area contributed by atoms with Gasteiger partial charge < -0.3 is 15.4 Å². The predicted molar refractivity (Wildman–Crippen MR) is 107 cm³/mol. The summed E-state index contributed by atoms with van der Waals surface area (Å²) >= 11 is 0. The van der Waals surface area contributed by atoms with E-state index in [0.717, 1.165) is 12.8 Å². The molecule has 0 unspecified atom stereocenters. The van der Waals surface area contributed by atoms with Crippen molar-refractivity contribution in [3.05, 3.63) is 66.1 Å². The molecular formula is C21H20F4N4O. The first-order valence-electron chi connectivity index (χ1n) is 9.32. The number of aromatic nitrogens is 2. The van der Waals surface area contributed by atoms with Crippen LogP contribution >= 0.6 is 0 Å². The number of rotatable bonds is 8. The molecule has 0 saturated heterocycles. The maximum Gasteiger partial charge on any atom is 0.421 e. The van der Waals surface area contributed by atoms with E-state index in [1.165, 1.54) is 24.3 Å². The van der Waals surface area contributed by atoms with Crippen LogP contribution in [0.5, 0.6) is 5.75 Å². The average molecular weight is 420 g/mol. The van der Waals surface area contributed by atoms with E-state index in [9.17, 15) is 17.6 Å². The van der Waals surface area contributed by atoms with Gasteiger partial charge in [-0.2, -0.15) is 18.2 Å². The molecule has 0 amide bonds. The third-order valence-electron chi connectivity index (χ3n) is 4.06. The summed E-state index contributed by atoms with van der Waals surface area (Å²) in [6.45, 7) is 2.56. The van der Waals surface area contributed by atoms with Gasteiger partial charge >= 0.3 is 6.18 Å². The lowest BCUT2D eigenvalue weighted by atomic mass is 10.2. The standard InChI is InChI=1S/C21H20F4N4O/c1-2-3-11-30-17-6-4-5-16(12-17)27-19-18(21(23,24)25)13-26-20(29-19)28-15-9-7-14(22)8-10-15/h4-10,12-13H,2-3,11H2,1H3,(H2,26,27,28,29). The molecule has 9 heteroatoms. The molecule has 2 aromatic carbocycles. The zero-order chi connectivity index (χ0) is 21.6. The molecule has 30 heavy (non-hydrogen) atoms. The minimum absolute atomic E-state index is 0.0625. The maximum atomic E-state index is 13.4. The van der Waals surface area contributed by atoms with Crippen molar-refractivity contribution in [2.24, 2.45) is 0 Å². The van der Waals surface area contributed by atoms with Gasteiger partial charge in [0, 0.05) is 23.6 Å². The number of hydrogen-bond donors (Lipinski definition) is 2. The summed E-state index contributed by atoms with van der Waals surface area (Å²) in [5.41, 5.74) is -0.182. The molecule has 0 aliphatic carbocycles. The first kappa shape index (κ1) is 21.4. The fourth-order valence-corrected chi connectivity index (χ4v) is 2.54. The summed E-state index contributed by atoms with van der Waals surface area (Å²) in [4.78, 5) is 7.70. The molecule has 0 atom stereocenters. The van der Waals surface area contributed by atoms with E-state index < -0.39 is 23.4 Å². The number of ether oxygens (including phenoxy) is 1. The molecular weight excluding hydrogens is 400 g/mol. The van der Waals surface area contributed by atoms with E-state index in [1.54, 1.807) is 24.3 Å². The second-order valence-electron chi connectivity index (χ2n) is 6.44. The number of alkyl halides is 3. The summed E-state index contributed by atoms with van der Waals surface area (Å²) in [6, 6.07) is 11.9. The molecule has 0 bridgehead atoms.